The molecule has 1 aliphatic heterocycles. The first-order valence-corrected chi connectivity index (χ1v) is 12.9. The lowest BCUT2D eigenvalue weighted by Gasteiger charge is -2.20. The van der Waals surface area contributed by atoms with E-state index < -0.39 is 67.7 Å². The van der Waals surface area contributed by atoms with E-state index in [2.05, 4.69) is 50.7 Å². The molecule has 0 spiro atoms. The molecule has 0 fully saturated rings. The molecule has 0 saturated heterocycles. The molecule has 44 heavy (non-hydrogen) atoms. The maximum Gasteiger partial charge on any atom is 0.387 e. The summed E-state index contributed by atoms with van der Waals surface area (Å²) in [6.45, 7) is -7.21. The molecule has 2 aromatic carbocycles. The molecule has 236 valence electrons. The highest BCUT2D eigenvalue weighted by Gasteiger charge is 2.23. The van der Waals surface area contributed by atoms with Gasteiger partial charge in [-0.15, -0.1) is 0 Å². The Hall–Kier alpha value is -5.16. The van der Waals surface area contributed by atoms with Gasteiger partial charge in [0.15, 0.2) is 5.96 Å². The maximum atomic E-state index is 13.4. The zero-order chi connectivity index (χ0) is 31.8. The smallest absolute Gasteiger partial charge is 0.387 e. The van der Waals surface area contributed by atoms with Gasteiger partial charge < -0.3 is 35.5 Å². The number of aliphatic imine (C=N–C) groups is 1. The molecule has 2 amide bonds. The van der Waals surface area contributed by atoms with Gasteiger partial charge in [-0.1, -0.05) is 0 Å². The van der Waals surface area contributed by atoms with Crippen molar-refractivity contribution in [3.8, 4) is 11.5 Å². The van der Waals surface area contributed by atoms with Gasteiger partial charge in [0.1, 0.15) is 17.7 Å². The normalized spacial score (nSPS) is 15.3. The monoisotopic (exact) mass is 627 g/mol. The van der Waals surface area contributed by atoms with Crippen LogP contribution in [0.25, 0.3) is 10.9 Å². The first-order valence-electron chi connectivity index (χ1n) is 12.9. The molecule has 0 radical (unpaired) electrons. The highest BCUT2D eigenvalue weighted by atomic mass is 19.3. The van der Waals surface area contributed by atoms with E-state index in [-0.39, 0.29) is 24.2 Å². The Morgan fingerprint density at radius 2 is 1.75 bits per heavy atom. The molecular formula is C26H26F5N7O6. The molecule has 4 rings (SSSR count). The minimum Gasteiger partial charge on any atom is -0.469 e. The van der Waals surface area contributed by atoms with Crippen molar-refractivity contribution in [1.82, 2.24) is 26.1 Å². The first-order chi connectivity index (χ1) is 21.0. The third-order valence-electron chi connectivity index (χ3n) is 6.11. The number of anilines is 1. The number of hydrogen-bond donors (Lipinski definition) is 5. The van der Waals surface area contributed by atoms with Crippen molar-refractivity contribution >= 4 is 40.3 Å². The zero-order valence-electron chi connectivity index (χ0n) is 22.8. The number of amides is 2. The lowest BCUT2D eigenvalue weighted by atomic mass is 10.0. The molecule has 2 atom stereocenters. The van der Waals surface area contributed by atoms with Crippen molar-refractivity contribution in [3.63, 3.8) is 0 Å². The van der Waals surface area contributed by atoms with E-state index in [1.54, 1.807) is 0 Å². The summed E-state index contributed by atoms with van der Waals surface area (Å²) in [5, 5.41) is 17.9. The first kappa shape index (κ1) is 31.8. The number of nitrogens with zero attached hydrogens (tertiary/aromatic N) is 2. The summed E-state index contributed by atoms with van der Waals surface area (Å²) in [6, 6.07) is 4.46. The molecule has 0 bridgehead atoms. The Morgan fingerprint density at radius 3 is 2.36 bits per heavy atom. The van der Waals surface area contributed by atoms with Crippen molar-refractivity contribution in [3.05, 3.63) is 47.7 Å². The predicted molar refractivity (Wildman–Crippen MR) is 144 cm³/mol. The number of nitrogens with one attached hydrogen (secondary N) is 5. The molecule has 0 aliphatic carbocycles. The van der Waals surface area contributed by atoms with Crippen LogP contribution in [0.3, 0.4) is 0 Å². The van der Waals surface area contributed by atoms with Crippen LogP contribution in [-0.2, 0) is 14.3 Å². The van der Waals surface area contributed by atoms with E-state index in [4.69, 9.17) is 0 Å². The summed E-state index contributed by atoms with van der Waals surface area (Å²) >= 11 is 0. The number of fused-ring (bicyclic) bond motifs is 1. The number of esters is 1. The number of halogens is 5. The molecule has 13 nitrogen and oxygen atoms in total. The van der Waals surface area contributed by atoms with Crippen LogP contribution >= 0.6 is 0 Å². The number of alkyl halides is 5. The minimum absolute atomic E-state index is 0.0415. The molecule has 2 heterocycles. The van der Waals surface area contributed by atoms with Gasteiger partial charge in [0, 0.05) is 17.0 Å². The number of carbonyl (C=O) groups is 3. The summed E-state index contributed by atoms with van der Waals surface area (Å²) in [6.07, 6.45) is -0.156. The largest absolute Gasteiger partial charge is 0.469 e. The van der Waals surface area contributed by atoms with Crippen LogP contribution in [0, 0.1) is 0 Å². The van der Waals surface area contributed by atoms with E-state index in [9.17, 15) is 36.3 Å². The van der Waals surface area contributed by atoms with Gasteiger partial charge in [-0.2, -0.15) is 22.7 Å². The number of benzene rings is 2. The van der Waals surface area contributed by atoms with Crippen LogP contribution in [0.2, 0.25) is 0 Å². The van der Waals surface area contributed by atoms with Gasteiger partial charge in [-0.05, 0) is 29.8 Å². The maximum absolute atomic E-state index is 13.4. The van der Waals surface area contributed by atoms with Crippen LogP contribution < -0.4 is 30.7 Å². The lowest BCUT2D eigenvalue weighted by Crippen LogP contribution is -2.41. The Kier molecular flexibility index (Phi) is 10.4. The second-order valence-corrected chi connectivity index (χ2v) is 9.23. The fraction of sp³-hybridized carbons (Fsp3) is 0.346. The van der Waals surface area contributed by atoms with Crippen molar-refractivity contribution in [1.29, 1.82) is 0 Å². The van der Waals surface area contributed by atoms with E-state index in [0.717, 1.165) is 25.3 Å². The fourth-order valence-corrected chi connectivity index (χ4v) is 4.16. The third kappa shape index (κ3) is 8.68. The van der Waals surface area contributed by atoms with E-state index in [1.807, 2.05) is 0 Å². The Bertz CT molecular complexity index is 1510. The zero-order valence-corrected chi connectivity index (χ0v) is 22.8. The van der Waals surface area contributed by atoms with Crippen molar-refractivity contribution in [2.75, 3.05) is 32.1 Å². The number of rotatable bonds is 12. The van der Waals surface area contributed by atoms with Crippen LogP contribution in [0.1, 0.15) is 28.4 Å². The molecule has 0 saturated carbocycles. The molecular weight excluding hydrogens is 601 g/mol. The molecule has 1 aliphatic rings. The van der Waals surface area contributed by atoms with Crippen LogP contribution in [0.4, 0.5) is 27.6 Å². The quantitative estimate of drug-likeness (QED) is 0.150. The van der Waals surface area contributed by atoms with Crippen LogP contribution in [-0.4, -0.2) is 80.1 Å². The van der Waals surface area contributed by atoms with Crippen LogP contribution in [0.15, 0.2) is 41.5 Å². The number of aromatic amines is 1. The molecule has 3 aromatic rings. The summed E-state index contributed by atoms with van der Waals surface area (Å²) < 4.78 is 78.0. The third-order valence-corrected chi connectivity index (χ3v) is 6.11. The lowest BCUT2D eigenvalue weighted by molar-refractivity contribution is -0.141. The SMILES string of the molecule is COC(=O)C[C@H](NC(=O)CNC(=O)c1cc(NC2=NCC(F)CN2)c2cn[nH]c2c1)c1cc(OC(F)F)cc(OC(F)F)c1. The van der Waals surface area contributed by atoms with Crippen molar-refractivity contribution < 1.29 is 50.5 Å². The van der Waals surface area contributed by atoms with Gasteiger partial charge in [0.2, 0.25) is 5.91 Å². The highest BCUT2D eigenvalue weighted by molar-refractivity contribution is 6.07. The molecule has 18 heteroatoms. The summed E-state index contributed by atoms with van der Waals surface area (Å²) in [4.78, 5) is 41.9. The summed E-state index contributed by atoms with van der Waals surface area (Å²) in [7, 11) is 1.07. The Balaban J connectivity index is 1.48. The number of aromatic nitrogens is 2. The average molecular weight is 628 g/mol. The van der Waals surface area contributed by atoms with Gasteiger partial charge in [0.05, 0.1) is 56.6 Å². The van der Waals surface area contributed by atoms with Crippen LogP contribution in [0.5, 0.6) is 11.5 Å². The summed E-state index contributed by atoms with van der Waals surface area (Å²) in [5.74, 6) is -3.19. The predicted octanol–water partition coefficient (Wildman–Crippen LogP) is 2.63. The molecule has 5 N–H and O–H groups in total. The number of methoxy groups -OCH3 is 1. The number of guanidine groups is 1. The fourth-order valence-electron chi connectivity index (χ4n) is 4.16. The summed E-state index contributed by atoms with van der Waals surface area (Å²) in [5.41, 5.74) is 0.895. The Labute approximate surface area is 245 Å². The van der Waals surface area contributed by atoms with Gasteiger partial charge in [-0.25, -0.2) is 9.38 Å². The van der Waals surface area contributed by atoms with Crippen molar-refractivity contribution in [2.24, 2.45) is 4.99 Å². The highest BCUT2D eigenvalue weighted by Crippen LogP contribution is 2.30. The van der Waals surface area contributed by atoms with Crippen molar-refractivity contribution in [2.45, 2.75) is 31.9 Å². The number of hydrogen-bond acceptors (Lipinski definition) is 10. The average Bonchev–Trinajstić information content (AvgIpc) is 3.45. The van der Waals surface area contributed by atoms with E-state index >= 15 is 0 Å². The second-order valence-electron chi connectivity index (χ2n) is 9.23. The number of H-pyrrole nitrogens is 1. The number of ether oxygens (including phenoxy) is 3. The van der Waals surface area contributed by atoms with E-state index in [1.165, 1.54) is 18.3 Å². The minimum atomic E-state index is -3.31. The van der Waals surface area contributed by atoms with E-state index in [0.29, 0.717) is 22.5 Å². The van der Waals surface area contributed by atoms with Gasteiger partial charge in [-0.3, -0.25) is 19.5 Å². The molecule has 1 unspecified atom stereocenters. The molecule has 1 aromatic heterocycles. The Morgan fingerprint density at radius 1 is 1.05 bits per heavy atom. The number of carbonyl (C=O) groups excluding carboxylic acids is 3. The van der Waals surface area contributed by atoms with Gasteiger partial charge in [0.25, 0.3) is 5.91 Å². The second kappa shape index (κ2) is 14.3. The topological polar surface area (TPSA) is 168 Å². The van der Waals surface area contributed by atoms with Gasteiger partial charge >= 0.3 is 19.2 Å². The standard InChI is InChI=1S/C26H26F5N7O6/c1-42-22(40)7-18(12-2-15(43-24(28)29)6-16(3-12)44-25(30)31)36-21(39)11-32-23(41)13-4-19(17-10-35-38-20(17)5-13)37-26-33-8-14(27)9-34-26/h2-6,10,14,18,24-25H,7-9,11H2,1H3,(H,32,41)(H,35,38)(H,36,39)(H2,33,34,37)/t18-/m0/s1.